The maximum Gasteiger partial charge on any atom is 0.408 e. The van der Waals surface area contributed by atoms with Crippen LogP contribution in [-0.4, -0.2) is 42.0 Å². The third-order valence-electron chi connectivity index (χ3n) is 5.44. The molecule has 0 aliphatic carbocycles. The predicted molar refractivity (Wildman–Crippen MR) is 131 cm³/mol. The average molecular weight is 460 g/mol. The molecule has 0 unspecified atom stereocenters. The number of nitrogens with one attached hydrogen (secondary N) is 1. The highest BCUT2D eigenvalue weighted by molar-refractivity contribution is 5.96. The number of alkyl carbamates (subject to hydrolysis) is 1. The van der Waals surface area contributed by atoms with E-state index in [0.29, 0.717) is 6.42 Å². The second kappa shape index (κ2) is 11.8. The van der Waals surface area contributed by atoms with E-state index in [1.807, 2.05) is 71.0 Å². The van der Waals surface area contributed by atoms with Crippen molar-refractivity contribution < 1.29 is 23.8 Å². The molecule has 1 N–H and O–H groups in total. The number of carbonyl (C=O) groups is 2. The number of amides is 1. The summed E-state index contributed by atoms with van der Waals surface area (Å²) in [5.74, 6) is -0.535. The van der Waals surface area contributed by atoms with E-state index in [-0.39, 0.29) is 19.0 Å². The van der Waals surface area contributed by atoms with Gasteiger partial charge in [0.15, 0.2) is 11.6 Å². The Morgan fingerprint density at radius 1 is 1.03 bits per heavy atom. The Morgan fingerprint density at radius 2 is 1.64 bits per heavy atom. The zero-order valence-corrected chi connectivity index (χ0v) is 21.2. The minimum Gasteiger partial charge on any atom is -0.444 e. The van der Waals surface area contributed by atoms with Crippen LogP contribution in [0.15, 0.2) is 30.3 Å². The van der Waals surface area contributed by atoms with Crippen molar-refractivity contribution in [2.75, 3.05) is 13.2 Å². The number of unbranched alkanes of at least 4 members (excludes halogenated alkanes) is 4. The lowest BCUT2D eigenvalue weighted by atomic mass is 9.97. The van der Waals surface area contributed by atoms with Gasteiger partial charge in [-0.2, -0.15) is 0 Å². The Hall–Kier alpha value is -2.18. The van der Waals surface area contributed by atoms with E-state index in [4.69, 9.17) is 14.2 Å². The number of hydrogen-bond acceptors (Lipinski definition) is 5. The van der Waals surface area contributed by atoms with Gasteiger partial charge in [0.25, 0.3) is 0 Å². The molecule has 1 aromatic carbocycles. The van der Waals surface area contributed by atoms with Gasteiger partial charge in [-0.3, -0.25) is 4.79 Å². The van der Waals surface area contributed by atoms with Gasteiger partial charge in [-0.05, 0) is 46.6 Å². The summed E-state index contributed by atoms with van der Waals surface area (Å²) in [6, 6.07) is 7.55. The minimum absolute atomic E-state index is 0.182. The highest BCUT2D eigenvalue weighted by Gasteiger charge is 2.40. The zero-order valence-electron chi connectivity index (χ0n) is 21.2. The van der Waals surface area contributed by atoms with Gasteiger partial charge in [0.05, 0.1) is 13.2 Å². The summed E-state index contributed by atoms with van der Waals surface area (Å²) in [6.45, 7) is 11.8. The summed E-state index contributed by atoms with van der Waals surface area (Å²) in [5.41, 5.74) is 0.188. The SMILES string of the molecule is CCCCCCCC(=O)c1ccc(C=CC2(NC(=O)OC(C)(C)C)COC(C)(C)OC2)cc1. The van der Waals surface area contributed by atoms with Gasteiger partial charge in [-0.1, -0.05) is 69.0 Å². The highest BCUT2D eigenvalue weighted by atomic mass is 16.7. The van der Waals surface area contributed by atoms with Crippen molar-refractivity contribution in [3.63, 3.8) is 0 Å². The molecule has 6 nitrogen and oxygen atoms in total. The van der Waals surface area contributed by atoms with Gasteiger partial charge >= 0.3 is 6.09 Å². The Morgan fingerprint density at radius 3 is 2.21 bits per heavy atom. The Labute approximate surface area is 199 Å². The Kier molecular flexibility index (Phi) is 9.68. The fraction of sp³-hybridized carbons (Fsp3) is 0.630. The number of benzene rings is 1. The van der Waals surface area contributed by atoms with Crippen LogP contribution in [0, 0.1) is 0 Å². The number of ether oxygens (including phenoxy) is 3. The maximum atomic E-state index is 12.5. The van der Waals surface area contributed by atoms with Crippen LogP contribution in [0.3, 0.4) is 0 Å². The third-order valence-corrected chi connectivity index (χ3v) is 5.44. The molecule has 0 atom stereocenters. The fourth-order valence-corrected chi connectivity index (χ4v) is 3.47. The average Bonchev–Trinajstić information content (AvgIpc) is 2.73. The lowest BCUT2D eigenvalue weighted by Gasteiger charge is -2.42. The monoisotopic (exact) mass is 459 g/mol. The second-order valence-corrected chi connectivity index (χ2v) is 10.3. The quantitative estimate of drug-likeness (QED) is 0.329. The summed E-state index contributed by atoms with van der Waals surface area (Å²) in [6.07, 6.45) is 9.50. The summed E-state index contributed by atoms with van der Waals surface area (Å²) >= 11 is 0. The van der Waals surface area contributed by atoms with Gasteiger partial charge in [0, 0.05) is 12.0 Å². The predicted octanol–water partition coefficient (Wildman–Crippen LogP) is 6.29. The van der Waals surface area contributed by atoms with Crippen molar-refractivity contribution in [1.29, 1.82) is 0 Å². The van der Waals surface area contributed by atoms with Crippen molar-refractivity contribution in [2.45, 2.75) is 97.0 Å². The minimum atomic E-state index is -0.856. The van der Waals surface area contributed by atoms with Crippen molar-refractivity contribution in [1.82, 2.24) is 5.32 Å². The van der Waals surface area contributed by atoms with Crippen LogP contribution in [0.25, 0.3) is 6.08 Å². The molecule has 0 aromatic heterocycles. The van der Waals surface area contributed by atoms with Gasteiger partial charge in [-0.25, -0.2) is 4.79 Å². The van der Waals surface area contributed by atoms with Crippen LogP contribution in [-0.2, 0) is 14.2 Å². The molecule has 1 aliphatic heterocycles. The van der Waals surface area contributed by atoms with Crippen LogP contribution in [0.5, 0.6) is 0 Å². The number of carbonyl (C=O) groups excluding carboxylic acids is 2. The van der Waals surface area contributed by atoms with Crippen molar-refractivity contribution >= 4 is 18.0 Å². The van der Waals surface area contributed by atoms with Crippen LogP contribution in [0.1, 0.15) is 96.0 Å². The van der Waals surface area contributed by atoms with E-state index in [1.54, 1.807) is 0 Å². The van der Waals surface area contributed by atoms with Crippen molar-refractivity contribution in [2.24, 2.45) is 0 Å². The summed E-state index contributed by atoms with van der Waals surface area (Å²) < 4.78 is 17.1. The topological polar surface area (TPSA) is 73.9 Å². The molecule has 1 aromatic rings. The molecular weight excluding hydrogens is 418 g/mol. The van der Waals surface area contributed by atoms with Gasteiger partial charge < -0.3 is 19.5 Å². The molecule has 1 fully saturated rings. The van der Waals surface area contributed by atoms with E-state index in [2.05, 4.69) is 12.2 Å². The van der Waals surface area contributed by atoms with E-state index in [1.165, 1.54) is 19.3 Å². The largest absolute Gasteiger partial charge is 0.444 e. The van der Waals surface area contributed by atoms with Gasteiger partial charge in [-0.15, -0.1) is 0 Å². The Bertz CT molecular complexity index is 795. The molecule has 33 heavy (non-hydrogen) atoms. The molecule has 1 amide bonds. The summed E-state index contributed by atoms with van der Waals surface area (Å²) in [5, 5.41) is 2.91. The van der Waals surface area contributed by atoms with Gasteiger partial charge in [0.2, 0.25) is 0 Å². The fourth-order valence-electron chi connectivity index (χ4n) is 3.47. The molecule has 1 heterocycles. The van der Waals surface area contributed by atoms with Crippen LogP contribution in [0.4, 0.5) is 4.79 Å². The molecule has 6 heteroatoms. The second-order valence-electron chi connectivity index (χ2n) is 10.3. The van der Waals surface area contributed by atoms with E-state index in [0.717, 1.165) is 24.0 Å². The molecule has 0 saturated carbocycles. The number of ketones is 1. The third kappa shape index (κ3) is 9.68. The van der Waals surface area contributed by atoms with Crippen LogP contribution < -0.4 is 5.32 Å². The van der Waals surface area contributed by atoms with Gasteiger partial charge in [0.1, 0.15) is 11.1 Å². The van der Waals surface area contributed by atoms with Crippen LogP contribution in [0.2, 0.25) is 0 Å². The number of rotatable bonds is 10. The first-order chi connectivity index (χ1) is 15.4. The Balaban J connectivity index is 2.04. The van der Waals surface area contributed by atoms with E-state index < -0.39 is 23.0 Å². The number of Topliss-reactive ketones (excluding diaryl/α,β-unsaturated/α-hetero) is 1. The van der Waals surface area contributed by atoms with Crippen LogP contribution >= 0.6 is 0 Å². The standard InChI is InChI=1S/C27H41NO5/c1-7-8-9-10-11-12-23(29)22-15-13-21(14-16-22)17-18-27(19-31-26(5,6)32-20-27)28-24(30)33-25(2,3)4/h13-18H,7-12,19-20H2,1-6H3,(H,28,30). The maximum absolute atomic E-state index is 12.5. The summed E-state index contributed by atoms with van der Waals surface area (Å²) in [7, 11) is 0. The van der Waals surface area contributed by atoms with E-state index >= 15 is 0 Å². The highest BCUT2D eigenvalue weighted by Crippen LogP contribution is 2.26. The van der Waals surface area contributed by atoms with Crippen molar-refractivity contribution in [3.8, 4) is 0 Å². The van der Waals surface area contributed by atoms with E-state index in [9.17, 15) is 9.59 Å². The molecule has 184 valence electrons. The molecule has 2 rings (SSSR count). The molecule has 0 radical (unpaired) electrons. The smallest absolute Gasteiger partial charge is 0.408 e. The lowest BCUT2D eigenvalue weighted by molar-refractivity contribution is -0.263. The van der Waals surface area contributed by atoms with Crippen molar-refractivity contribution in [3.05, 3.63) is 41.5 Å². The number of hydrogen-bond donors (Lipinski definition) is 1. The zero-order chi connectivity index (χ0) is 24.5. The first-order valence-corrected chi connectivity index (χ1v) is 12.1. The molecule has 1 aliphatic rings. The molecule has 0 bridgehead atoms. The molecular formula is C27H41NO5. The first kappa shape index (κ1) is 27.1. The lowest BCUT2D eigenvalue weighted by Crippen LogP contribution is -2.60. The summed E-state index contributed by atoms with van der Waals surface area (Å²) in [4.78, 5) is 24.9. The molecule has 1 saturated heterocycles. The first-order valence-electron chi connectivity index (χ1n) is 12.1. The normalized spacial score (nSPS) is 17.6. The molecule has 0 spiro atoms.